The number of nitrogens with zero attached hydrogens (tertiary/aromatic N) is 1. The van der Waals surface area contributed by atoms with E-state index in [0.29, 0.717) is 31.0 Å². The Hall–Kier alpha value is -0.470. The van der Waals surface area contributed by atoms with E-state index in [-0.39, 0.29) is 0 Å². The van der Waals surface area contributed by atoms with E-state index in [1.807, 2.05) is 19.2 Å². The molecule has 0 atom stereocenters. The molecule has 1 aromatic heterocycles. The lowest BCUT2D eigenvalue weighted by Crippen LogP contribution is -2.30. The number of thiophene rings is 1. The molecule has 116 valence electrons. The van der Waals surface area contributed by atoms with Gasteiger partial charge < -0.3 is 10.1 Å². The average molecular weight is 320 g/mol. The van der Waals surface area contributed by atoms with Crippen LogP contribution in [0, 0.1) is 6.92 Å². The number of ether oxygens (including phenoxy) is 1. The highest BCUT2D eigenvalue weighted by atomic mass is 32.2. The first-order valence-corrected chi connectivity index (χ1v) is 9.00. The van der Waals surface area contributed by atoms with Crippen molar-refractivity contribution < 1.29 is 13.2 Å². The van der Waals surface area contributed by atoms with Crippen LogP contribution in [-0.2, 0) is 21.3 Å². The number of methoxy groups -OCH3 is 1. The lowest BCUT2D eigenvalue weighted by atomic mass is 10.3. The van der Waals surface area contributed by atoms with E-state index in [9.17, 15) is 8.42 Å². The Labute approximate surface area is 126 Å². The molecule has 1 rings (SSSR count). The van der Waals surface area contributed by atoms with Crippen molar-refractivity contribution >= 4 is 21.4 Å². The molecule has 7 heteroatoms. The second-order valence-corrected chi connectivity index (χ2v) is 7.57. The lowest BCUT2D eigenvalue weighted by Gasteiger charge is -2.18. The van der Waals surface area contributed by atoms with Gasteiger partial charge in [-0.15, -0.1) is 11.3 Å². The van der Waals surface area contributed by atoms with Crippen LogP contribution in [0.2, 0.25) is 0 Å². The van der Waals surface area contributed by atoms with Gasteiger partial charge in [0.2, 0.25) is 10.0 Å². The molecular weight excluding hydrogens is 296 g/mol. The van der Waals surface area contributed by atoms with Crippen LogP contribution in [0.5, 0.6) is 0 Å². The highest BCUT2D eigenvalue weighted by molar-refractivity contribution is 7.89. The monoisotopic (exact) mass is 320 g/mol. The van der Waals surface area contributed by atoms with Crippen LogP contribution in [0.1, 0.15) is 23.8 Å². The van der Waals surface area contributed by atoms with Crippen molar-refractivity contribution in [2.75, 3.05) is 33.9 Å². The number of aryl methyl sites for hydroxylation is 1. The third kappa shape index (κ3) is 4.26. The molecule has 0 amide bonds. The van der Waals surface area contributed by atoms with Gasteiger partial charge in [0.25, 0.3) is 0 Å². The summed E-state index contributed by atoms with van der Waals surface area (Å²) in [7, 11) is -0.178. The zero-order valence-corrected chi connectivity index (χ0v) is 14.2. The molecule has 0 bridgehead atoms. The van der Waals surface area contributed by atoms with Crippen LogP contribution < -0.4 is 5.32 Å². The van der Waals surface area contributed by atoms with Gasteiger partial charge in [0.05, 0.1) is 0 Å². The van der Waals surface area contributed by atoms with Gasteiger partial charge in [0, 0.05) is 38.7 Å². The van der Waals surface area contributed by atoms with E-state index in [2.05, 4.69) is 5.32 Å². The van der Waals surface area contributed by atoms with Gasteiger partial charge in [-0.05, 0) is 30.8 Å². The minimum Gasteiger partial charge on any atom is -0.385 e. The van der Waals surface area contributed by atoms with E-state index in [1.54, 1.807) is 14.2 Å². The SMILES string of the molecule is CCNCc1scc(C)c1S(=O)(=O)N(C)CCCOC. The first-order chi connectivity index (χ1) is 9.45. The fourth-order valence-corrected chi connectivity index (χ4v) is 4.83. The Morgan fingerprint density at radius 1 is 1.45 bits per heavy atom. The van der Waals surface area contributed by atoms with Gasteiger partial charge >= 0.3 is 0 Å². The predicted molar refractivity (Wildman–Crippen MR) is 82.7 cm³/mol. The standard InChI is InChI=1S/C13H24N2O3S2/c1-5-14-9-12-13(11(2)10-19-12)20(16,17)15(3)7-6-8-18-4/h10,14H,5-9H2,1-4H3. The maximum absolute atomic E-state index is 12.7. The van der Waals surface area contributed by atoms with Gasteiger partial charge in [0.15, 0.2) is 0 Å². The van der Waals surface area contributed by atoms with Gasteiger partial charge in [-0.3, -0.25) is 0 Å². The van der Waals surface area contributed by atoms with Crippen LogP contribution in [0.25, 0.3) is 0 Å². The summed E-state index contributed by atoms with van der Waals surface area (Å²) in [5.41, 5.74) is 0.821. The molecule has 5 nitrogen and oxygen atoms in total. The third-order valence-corrected chi connectivity index (χ3v) is 6.34. The largest absolute Gasteiger partial charge is 0.385 e. The molecule has 0 aliphatic heterocycles. The van der Waals surface area contributed by atoms with Crippen molar-refractivity contribution in [2.24, 2.45) is 0 Å². The predicted octanol–water partition coefficient (Wildman–Crippen LogP) is 1.82. The molecule has 0 radical (unpaired) electrons. The molecule has 20 heavy (non-hydrogen) atoms. The van der Waals surface area contributed by atoms with Crippen molar-refractivity contribution in [1.29, 1.82) is 0 Å². The Balaban J connectivity index is 2.93. The second-order valence-electron chi connectivity index (χ2n) is 4.62. The molecule has 0 saturated heterocycles. The molecule has 0 aliphatic rings. The molecule has 1 aromatic rings. The number of hydrogen-bond donors (Lipinski definition) is 1. The van der Waals surface area contributed by atoms with Crippen molar-refractivity contribution in [2.45, 2.75) is 31.7 Å². The van der Waals surface area contributed by atoms with Gasteiger partial charge in [0.1, 0.15) is 4.90 Å². The van der Waals surface area contributed by atoms with Crippen molar-refractivity contribution in [3.05, 3.63) is 15.8 Å². The van der Waals surface area contributed by atoms with Crippen molar-refractivity contribution in [3.63, 3.8) is 0 Å². The minimum absolute atomic E-state index is 0.461. The number of nitrogens with one attached hydrogen (secondary N) is 1. The quantitative estimate of drug-likeness (QED) is 0.705. The summed E-state index contributed by atoms with van der Waals surface area (Å²) in [5, 5.41) is 5.09. The molecule has 0 aromatic carbocycles. The fourth-order valence-electron chi connectivity index (χ4n) is 1.90. The Kier molecular flexibility index (Phi) is 7.11. The molecule has 0 spiro atoms. The van der Waals surface area contributed by atoms with E-state index in [1.165, 1.54) is 15.6 Å². The molecular formula is C13H24N2O3S2. The first-order valence-electron chi connectivity index (χ1n) is 6.68. The molecule has 1 heterocycles. The van der Waals surface area contributed by atoms with Crippen molar-refractivity contribution in [3.8, 4) is 0 Å². The Morgan fingerprint density at radius 2 is 2.15 bits per heavy atom. The molecule has 0 aliphatic carbocycles. The van der Waals surface area contributed by atoms with E-state index >= 15 is 0 Å². The topological polar surface area (TPSA) is 58.6 Å². The number of rotatable bonds is 9. The zero-order valence-electron chi connectivity index (χ0n) is 12.6. The zero-order chi connectivity index (χ0) is 15.2. The van der Waals surface area contributed by atoms with E-state index < -0.39 is 10.0 Å². The maximum Gasteiger partial charge on any atom is 0.244 e. The fraction of sp³-hybridized carbons (Fsp3) is 0.692. The van der Waals surface area contributed by atoms with Gasteiger partial charge in [-0.1, -0.05) is 6.92 Å². The molecule has 0 fully saturated rings. The highest BCUT2D eigenvalue weighted by Gasteiger charge is 2.26. The molecule has 0 saturated carbocycles. The lowest BCUT2D eigenvalue weighted by molar-refractivity contribution is 0.189. The van der Waals surface area contributed by atoms with Crippen LogP contribution in [-0.4, -0.2) is 46.6 Å². The molecule has 0 unspecified atom stereocenters. The van der Waals surface area contributed by atoms with Gasteiger partial charge in [-0.2, -0.15) is 0 Å². The highest BCUT2D eigenvalue weighted by Crippen LogP contribution is 2.29. The second kappa shape index (κ2) is 8.09. The minimum atomic E-state index is -3.42. The van der Waals surface area contributed by atoms with Crippen LogP contribution in [0.3, 0.4) is 0 Å². The summed E-state index contributed by atoms with van der Waals surface area (Å²) in [5.74, 6) is 0. The van der Waals surface area contributed by atoms with Crippen LogP contribution in [0.4, 0.5) is 0 Å². The molecule has 1 N–H and O–H groups in total. The average Bonchev–Trinajstić information content (AvgIpc) is 2.78. The Bertz CT molecular complexity index is 512. The number of hydrogen-bond acceptors (Lipinski definition) is 5. The van der Waals surface area contributed by atoms with Crippen molar-refractivity contribution in [1.82, 2.24) is 9.62 Å². The van der Waals surface area contributed by atoms with Crippen LogP contribution >= 0.6 is 11.3 Å². The van der Waals surface area contributed by atoms with E-state index in [4.69, 9.17) is 4.74 Å². The normalized spacial score (nSPS) is 12.2. The van der Waals surface area contributed by atoms with Crippen LogP contribution in [0.15, 0.2) is 10.3 Å². The van der Waals surface area contributed by atoms with E-state index in [0.717, 1.165) is 17.0 Å². The summed E-state index contributed by atoms with van der Waals surface area (Å²) in [4.78, 5) is 1.34. The summed E-state index contributed by atoms with van der Waals surface area (Å²) >= 11 is 1.50. The summed E-state index contributed by atoms with van der Waals surface area (Å²) in [6.07, 6.45) is 0.692. The summed E-state index contributed by atoms with van der Waals surface area (Å²) < 4.78 is 31.7. The van der Waals surface area contributed by atoms with Gasteiger partial charge in [-0.25, -0.2) is 12.7 Å². The first kappa shape index (κ1) is 17.6. The smallest absolute Gasteiger partial charge is 0.244 e. The maximum atomic E-state index is 12.7. The summed E-state index contributed by atoms with van der Waals surface area (Å²) in [6, 6.07) is 0. The third-order valence-electron chi connectivity index (χ3n) is 3.01. The number of sulfonamides is 1. The summed E-state index contributed by atoms with van der Waals surface area (Å²) in [6.45, 7) is 6.29. The Morgan fingerprint density at radius 3 is 2.75 bits per heavy atom.